The molecule has 0 bridgehead atoms. The Morgan fingerprint density at radius 2 is 2.21 bits per heavy atom. The maximum atomic E-state index is 12.2. The Morgan fingerprint density at radius 1 is 1.38 bits per heavy atom. The van der Waals surface area contributed by atoms with Crippen LogP contribution in [-0.4, -0.2) is 38.6 Å². The largest absolute Gasteiger partial charge is 0.443 e. The van der Waals surface area contributed by atoms with Gasteiger partial charge in [-0.05, 0) is 12.5 Å². The second-order valence-corrected chi connectivity index (χ2v) is 6.33. The lowest BCUT2D eigenvalue weighted by molar-refractivity contribution is -0.0457. The highest BCUT2D eigenvalue weighted by Gasteiger charge is 2.35. The van der Waals surface area contributed by atoms with Crippen LogP contribution >= 0.6 is 0 Å². The Balaban J connectivity index is 1.78. The quantitative estimate of drug-likeness (QED) is 0.748. The standard InChI is InChI=1S/C17H24N2O5/c1-2-3-4-5-6-12-7-11-9-19(17(22)18-16(11)23-12)15-8-13(21)14(10-20)24-15/h7,9,13-15,20-21H,2-6,8,10H2,1H3/t13-,14+,15+/m0/s1. The summed E-state index contributed by atoms with van der Waals surface area (Å²) in [5.74, 6) is 0.825. The zero-order valence-corrected chi connectivity index (χ0v) is 13.9. The molecule has 7 nitrogen and oxygen atoms in total. The second kappa shape index (κ2) is 7.46. The number of aliphatic hydroxyl groups is 2. The van der Waals surface area contributed by atoms with Crippen molar-refractivity contribution in [3.63, 3.8) is 0 Å². The smallest absolute Gasteiger partial charge is 0.353 e. The minimum Gasteiger partial charge on any atom is -0.443 e. The van der Waals surface area contributed by atoms with Crippen LogP contribution in [0, 0.1) is 0 Å². The second-order valence-electron chi connectivity index (χ2n) is 6.33. The van der Waals surface area contributed by atoms with Crippen LogP contribution in [-0.2, 0) is 11.2 Å². The van der Waals surface area contributed by atoms with Gasteiger partial charge >= 0.3 is 5.69 Å². The number of ether oxygens (including phenoxy) is 1. The number of aromatic nitrogens is 2. The van der Waals surface area contributed by atoms with Crippen molar-refractivity contribution in [2.24, 2.45) is 0 Å². The van der Waals surface area contributed by atoms with E-state index in [1.165, 1.54) is 17.4 Å². The molecule has 0 unspecified atom stereocenters. The summed E-state index contributed by atoms with van der Waals surface area (Å²) in [5.41, 5.74) is -0.149. The molecule has 0 aliphatic carbocycles. The normalized spacial score (nSPS) is 24.0. The van der Waals surface area contributed by atoms with Crippen LogP contribution in [0.1, 0.15) is 51.0 Å². The maximum Gasteiger partial charge on any atom is 0.353 e. The van der Waals surface area contributed by atoms with Crippen molar-refractivity contribution < 1.29 is 19.4 Å². The van der Waals surface area contributed by atoms with Gasteiger partial charge in [0, 0.05) is 19.0 Å². The molecule has 0 amide bonds. The van der Waals surface area contributed by atoms with Crippen molar-refractivity contribution in [3.8, 4) is 0 Å². The number of aryl methyl sites for hydroxylation is 1. The Kier molecular flexibility index (Phi) is 5.33. The molecule has 132 valence electrons. The van der Waals surface area contributed by atoms with Gasteiger partial charge in [-0.1, -0.05) is 26.2 Å². The van der Waals surface area contributed by atoms with Gasteiger partial charge < -0.3 is 19.4 Å². The van der Waals surface area contributed by atoms with Gasteiger partial charge in [0.1, 0.15) is 18.1 Å². The number of furan rings is 1. The van der Waals surface area contributed by atoms with Gasteiger partial charge in [0.2, 0.25) is 5.71 Å². The van der Waals surface area contributed by atoms with E-state index in [2.05, 4.69) is 11.9 Å². The van der Waals surface area contributed by atoms with E-state index >= 15 is 0 Å². The predicted molar refractivity (Wildman–Crippen MR) is 87.7 cm³/mol. The van der Waals surface area contributed by atoms with Gasteiger partial charge in [-0.3, -0.25) is 4.57 Å². The van der Waals surface area contributed by atoms with Crippen molar-refractivity contribution in [2.45, 2.75) is 63.9 Å². The summed E-state index contributed by atoms with van der Waals surface area (Å²) in [7, 11) is 0. The molecule has 2 aromatic heterocycles. The van der Waals surface area contributed by atoms with Crippen molar-refractivity contribution in [1.29, 1.82) is 0 Å². The molecule has 7 heteroatoms. The van der Waals surface area contributed by atoms with Crippen LogP contribution in [0.5, 0.6) is 0 Å². The third-order valence-electron chi connectivity index (χ3n) is 4.46. The van der Waals surface area contributed by atoms with Crippen LogP contribution in [0.2, 0.25) is 0 Å². The van der Waals surface area contributed by atoms with E-state index in [0.29, 0.717) is 5.71 Å². The van der Waals surface area contributed by atoms with E-state index in [9.17, 15) is 9.90 Å². The van der Waals surface area contributed by atoms with Crippen molar-refractivity contribution >= 4 is 11.1 Å². The van der Waals surface area contributed by atoms with Gasteiger partial charge in [0.05, 0.1) is 18.1 Å². The lowest BCUT2D eigenvalue weighted by Crippen LogP contribution is -2.27. The molecule has 0 spiro atoms. The number of aliphatic hydroxyl groups excluding tert-OH is 2. The molecular weight excluding hydrogens is 312 g/mol. The maximum absolute atomic E-state index is 12.2. The fraction of sp³-hybridized carbons (Fsp3) is 0.647. The molecule has 3 heterocycles. The third kappa shape index (κ3) is 3.53. The highest BCUT2D eigenvalue weighted by molar-refractivity contribution is 5.72. The number of nitrogens with zero attached hydrogens (tertiary/aromatic N) is 2. The van der Waals surface area contributed by atoms with Crippen molar-refractivity contribution in [3.05, 3.63) is 28.5 Å². The summed E-state index contributed by atoms with van der Waals surface area (Å²) in [6.07, 6.45) is 5.25. The zero-order valence-electron chi connectivity index (χ0n) is 13.9. The van der Waals surface area contributed by atoms with Crippen molar-refractivity contribution in [1.82, 2.24) is 9.55 Å². The Hall–Kier alpha value is -1.70. The Labute approximate surface area is 139 Å². The van der Waals surface area contributed by atoms with Crippen molar-refractivity contribution in [2.75, 3.05) is 6.61 Å². The van der Waals surface area contributed by atoms with Gasteiger partial charge in [0.15, 0.2) is 0 Å². The summed E-state index contributed by atoms with van der Waals surface area (Å²) in [6, 6.07) is 1.90. The monoisotopic (exact) mass is 336 g/mol. The van der Waals surface area contributed by atoms with Crippen LogP contribution in [0.4, 0.5) is 0 Å². The molecule has 0 saturated carbocycles. The highest BCUT2D eigenvalue weighted by Crippen LogP contribution is 2.28. The molecule has 1 aliphatic heterocycles. The summed E-state index contributed by atoms with van der Waals surface area (Å²) in [5, 5.41) is 19.7. The fourth-order valence-electron chi connectivity index (χ4n) is 3.08. The lowest BCUT2D eigenvalue weighted by atomic mass is 10.1. The number of fused-ring (bicyclic) bond motifs is 1. The van der Waals surface area contributed by atoms with E-state index < -0.39 is 24.1 Å². The van der Waals surface area contributed by atoms with E-state index in [4.69, 9.17) is 14.3 Å². The minimum atomic E-state index is -0.791. The van der Waals surface area contributed by atoms with E-state index in [0.717, 1.165) is 30.4 Å². The van der Waals surface area contributed by atoms with Gasteiger partial charge in [0.25, 0.3) is 0 Å². The summed E-state index contributed by atoms with van der Waals surface area (Å²) < 4.78 is 12.5. The molecule has 1 fully saturated rings. The molecule has 2 aromatic rings. The number of rotatable bonds is 7. The molecule has 1 saturated heterocycles. The molecule has 1 aliphatic rings. The molecule has 2 N–H and O–H groups in total. The highest BCUT2D eigenvalue weighted by atomic mass is 16.5. The van der Waals surface area contributed by atoms with Crippen LogP contribution in [0.15, 0.2) is 21.5 Å². The Morgan fingerprint density at radius 3 is 2.92 bits per heavy atom. The first kappa shape index (κ1) is 17.1. The van der Waals surface area contributed by atoms with E-state index in [1.54, 1.807) is 6.20 Å². The SMILES string of the molecule is CCCCCCc1cc2cn([C@H]3C[C@H](O)[C@@H](CO)O3)c(=O)nc2o1. The van der Waals surface area contributed by atoms with E-state index in [-0.39, 0.29) is 13.0 Å². The van der Waals surface area contributed by atoms with Gasteiger partial charge in [-0.2, -0.15) is 4.98 Å². The number of hydrogen-bond donors (Lipinski definition) is 2. The molecule has 0 aromatic carbocycles. The Bertz CT molecular complexity index is 738. The number of hydrogen-bond acceptors (Lipinski definition) is 6. The van der Waals surface area contributed by atoms with Crippen LogP contribution in [0.25, 0.3) is 11.1 Å². The predicted octanol–water partition coefficient (Wildman–Crippen LogP) is 1.75. The van der Waals surface area contributed by atoms with Gasteiger partial charge in [-0.15, -0.1) is 0 Å². The first-order valence-corrected chi connectivity index (χ1v) is 8.58. The third-order valence-corrected chi connectivity index (χ3v) is 4.46. The summed E-state index contributed by atoms with van der Waals surface area (Å²) >= 11 is 0. The molecule has 24 heavy (non-hydrogen) atoms. The molecular formula is C17H24N2O5. The first-order chi connectivity index (χ1) is 11.6. The topological polar surface area (TPSA) is 97.7 Å². The number of unbranched alkanes of at least 4 members (excludes halogenated alkanes) is 3. The van der Waals surface area contributed by atoms with E-state index in [1.807, 2.05) is 6.07 Å². The average Bonchev–Trinajstić information content (AvgIpc) is 3.13. The lowest BCUT2D eigenvalue weighted by Gasteiger charge is -2.13. The zero-order chi connectivity index (χ0) is 17.1. The first-order valence-electron chi connectivity index (χ1n) is 8.58. The van der Waals surface area contributed by atoms with Gasteiger partial charge in [-0.25, -0.2) is 4.79 Å². The minimum absolute atomic E-state index is 0.250. The molecule has 0 radical (unpaired) electrons. The van der Waals surface area contributed by atoms with Crippen LogP contribution < -0.4 is 5.69 Å². The molecule has 3 rings (SSSR count). The summed E-state index contributed by atoms with van der Waals surface area (Å²) in [4.78, 5) is 16.2. The van der Waals surface area contributed by atoms with Crippen LogP contribution in [0.3, 0.4) is 0 Å². The summed E-state index contributed by atoms with van der Waals surface area (Å²) in [6.45, 7) is 1.89. The fourth-order valence-corrected chi connectivity index (χ4v) is 3.08. The molecule has 3 atom stereocenters. The average molecular weight is 336 g/mol.